The Morgan fingerprint density at radius 1 is 1.24 bits per heavy atom. The summed E-state index contributed by atoms with van der Waals surface area (Å²) in [6.07, 6.45) is 10.2. The second-order valence-corrected chi connectivity index (χ2v) is 9.01. The molecule has 1 atom stereocenters. The molecule has 3 aromatic heterocycles. The minimum absolute atomic E-state index is 0.0924. The van der Waals surface area contributed by atoms with Crippen LogP contribution in [0.3, 0.4) is 0 Å². The van der Waals surface area contributed by atoms with Gasteiger partial charge in [-0.2, -0.15) is 10.2 Å². The van der Waals surface area contributed by atoms with E-state index in [1.807, 2.05) is 50.4 Å². The minimum atomic E-state index is -0.476. The number of nitrogens with two attached hydrogens (primary N) is 1. The summed E-state index contributed by atoms with van der Waals surface area (Å²) in [5.74, 6) is 0.792. The summed E-state index contributed by atoms with van der Waals surface area (Å²) in [7, 11) is 0. The first-order valence-corrected chi connectivity index (χ1v) is 12.9. The molecule has 3 N–H and O–H groups in total. The molecule has 8 nitrogen and oxygen atoms in total. The van der Waals surface area contributed by atoms with Crippen LogP contribution < -0.4 is 11.3 Å². The summed E-state index contributed by atoms with van der Waals surface area (Å²) in [4.78, 5) is 22.8. The van der Waals surface area contributed by atoms with Crippen LogP contribution in [0.5, 0.6) is 0 Å². The highest BCUT2D eigenvalue weighted by Gasteiger charge is 2.22. The van der Waals surface area contributed by atoms with Crippen LogP contribution >= 0.6 is 0 Å². The van der Waals surface area contributed by atoms with Crippen LogP contribution in [0.15, 0.2) is 66.2 Å². The first kappa shape index (κ1) is 27.8. The molecule has 0 unspecified atom stereocenters. The lowest BCUT2D eigenvalue weighted by atomic mass is 9.78. The number of nitrogens with zero attached hydrogens (tertiary/aromatic N) is 3. The van der Waals surface area contributed by atoms with Gasteiger partial charge in [0.05, 0.1) is 41.6 Å². The predicted octanol–water partition coefficient (Wildman–Crippen LogP) is 5.38. The molecule has 0 bridgehead atoms. The molecule has 0 radical (unpaired) electrons. The number of primary amides is 1. The van der Waals surface area contributed by atoms with Gasteiger partial charge in [-0.1, -0.05) is 70.4 Å². The molecule has 1 saturated carbocycles. The van der Waals surface area contributed by atoms with Gasteiger partial charge >= 0.3 is 0 Å². The summed E-state index contributed by atoms with van der Waals surface area (Å²) in [6.45, 7) is 10.8. The SMILES string of the molecule is C=CCOCc1ccc2c(C(N)=O)cnn2c1.CC.C[C@@H](CC1CCC1)c1n[nH]c(=O)c2ccccc12. The summed E-state index contributed by atoms with van der Waals surface area (Å²) in [5.41, 5.74) is 8.27. The number of ether oxygens (including phenoxy) is 1. The zero-order valence-electron chi connectivity index (χ0n) is 21.9. The maximum atomic E-state index is 11.7. The van der Waals surface area contributed by atoms with Gasteiger partial charge in [-0.25, -0.2) is 9.61 Å². The Hall–Kier alpha value is -3.78. The Morgan fingerprint density at radius 2 is 1.97 bits per heavy atom. The van der Waals surface area contributed by atoms with Crippen molar-refractivity contribution >= 4 is 22.2 Å². The lowest BCUT2D eigenvalue weighted by Crippen LogP contribution is -2.17. The second kappa shape index (κ2) is 13.5. The van der Waals surface area contributed by atoms with Gasteiger partial charge in [-0.3, -0.25) is 9.59 Å². The number of nitrogens with one attached hydrogen (secondary N) is 1. The molecule has 1 amide bonds. The standard InChI is InChI=1S/C15H18N2O.C12H13N3O2.C2H6/c1-10(9-11-5-4-6-11)14-12-7-2-3-8-13(12)15(18)17-16-14;1-2-5-17-8-9-3-4-11-10(12(13)16)6-14-15(11)7-9;1-2/h2-3,7-8,10-11H,4-6,9H2,1H3,(H,17,18);2-4,6-7H,1,5,8H2,(H2,13,16);1-2H3/t10-;;/m0../s1. The van der Waals surface area contributed by atoms with Crippen molar-refractivity contribution in [1.82, 2.24) is 19.8 Å². The van der Waals surface area contributed by atoms with E-state index in [9.17, 15) is 9.59 Å². The van der Waals surface area contributed by atoms with E-state index in [0.717, 1.165) is 27.9 Å². The number of hydrogen-bond acceptors (Lipinski definition) is 5. The van der Waals surface area contributed by atoms with Crippen molar-refractivity contribution in [3.8, 4) is 0 Å². The largest absolute Gasteiger partial charge is 0.373 e. The molecule has 8 heteroatoms. The van der Waals surface area contributed by atoms with Crippen LogP contribution in [0.1, 0.15) is 74.0 Å². The molecule has 37 heavy (non-hydrogen) atoms. The number of H-pyrrole nitrogens is 1. The number of amides is 1. The number of benzene rings is 1. The molecule has 1 aliphatic carbocycles. The Kier molecular flexibility index (Phi) is 10.1. The normalized spacial score (nSPS) is 13.6. The summed E-state index contributed by atoms with van der Waals surface area (Å²) in [6, 6.07) is 11.4. The quantitative estimate of drug-likeness (QED) is 0.247. The van der Waals surface area contributed by atoms with E-state index in [-0.39, 0.29) is 5.56 Å². The van der Waals surface area contributed by atoms with Gasteiger partial charge in [0.1, 0.15) is 0 Å². The van der Waals surface area contributed by atoms with Crippen molar-refractivity contribution in [1.29, 1.82) is 0 Å². The van der Waals surface area contributed by atoms with Crippen molar-refractivity contribution in [2.45, 2.75) is 59.0 Å². The van der Waals surface area contributed by atoms with Gasteiger partial charge in [0, 0.05) is 17.5 Å². The third kappa shape index (κ3) is 6.92. The van der Waals surface area contributed by atoms with Crippen molar-refractivity contribution in [3.63, 3.8) is 0 Å². The van der Waals surface area contributed by atoms with Crippen LogP contribution in [-0.4, -0.2) is 32.3 Å². The van der Waals surface area contributed by atoms with Gasteiger partial charge < -0.3 is 10.5 Å². The molecule has 0 spiro atoms. The van der Waals surface area contributed by atoms with Crippen LogP contribution in [0.25, 0.3) is 16.3 Å². The highest BCUT2D eigenvalue weighted by Crippen LogP contribution is 2.36. The fourth-order valence-corrected chi connectivity index (χ4v) is 4.41. The third-order valence-electron chi connectivity index (χ3n) is 6.45. The minimum Gasteiger partial charge on any atom is -0.373 e. The molecule has 1 aliphatic rings. The zero-order chi connectivity index (χ0) is 26.8. The molecule has 3 heterocycles. The van der Waals surface area contributed by atoms with Crippen LogP contribution in [-0.2, 0) is 11.3 Å². The first-order chi connectivity index (χ1) is 18.0. The third-order valence-corrected chi connectivity index (χ3v) is 6.45. The number of carbonyl (C=O) groups is 1. The second-order valence-electron chi connectivity index (χ2n) is 9.01. The monoisotopic (exact) mass is 503 g/mol. The lowest BCUT2D eigenvalue weighted by Gasteiger charge is -2.28. The van der Waals surface area contributed by atoms with E-state index < -0.39 is 5.91 Å². The van der Waals surface area contributed by atoms with Crippen molar-refractivity contribution in [3.05, 3.63) is 88.6 Å². The number of aromatic amines is 1. The van der Waals surface area contributed by atoms with Gasteiger partial charge in [-0.05, 0) is 30.0 Å². The highest BCUT2D eigenvalue weighted by molar-refractivity contribution is 5.99. The molecule has 1 aromatic carbocycles. The Balaban J connectivity index is 0.000000193. The van der Waals surface area contributed by atoms with Gasteiger partial charge in [-0.15, -0.1) is 6.58 Å². The number of fused-ring (bicyclic) bond motifs is 2. The molecule has 0 saturated heterocycles. The predicted molar refractivity (Wildman–Crippen MR) is 148 cm³/mol. The smallest absolute Gasteiger partial charge is 0.272 e. The van der Waals surface area contributed by atoms with E-state index >= 15 is 0 Å². The van der Waals surface area contributed by atoms with Crippen LogP contribution in [0, 0.1) is 5.92 Å². The van der Waals surface area contributed by atoms with E-state index in [1.165, 1.54) is 31.9 Å². The maximum Gasteiger partial charge on any atom is 0.272 e. The average Bonchev–Trinajstić information content (AvgIpc) is 3.32. The molecular weight excluding hydrogens is 466 g/mol. The summed E-state index contributed by atoms with van der Waals surface area (Å²) in [5, 5.41) is 12.7. The number of aromatic nitrogens is 4. The molecular formula is C29H37N5O3. The summed E-state index contributed by atoms with van der Waals surface area (Å²) >= 11 is 0. The fourth-order valence-electron chi connectivity index (χ4n) is 4.41. The first-order valence-electron chi connectivity index (χ1n) is 12.9. The average molecular weight is 504 g/mol. The fraction of sp³-hybridized carbons (Fsp3) is 0.379. The van der Waals surface area contributed by atoms with Gasteiger partial charge in [0.2, 0.25) is 0 Å². The molecule has 5 rings (SSSR count). The topological polar surface area (TPSA) is 115 Å². The maximum absolute atomic E-state index is 11.7. The van der Waals surface area contributed by atoms with Crippen LogP contribution in [0.4, 0.5) is 0 Å². The van der Waals surface area contributed by atoms with E-state index in [1.54, 1.807) is 16.7 Å². The lowest BCUT2D eigenvalue weighted by molar-refractivity contribution is 0.100. The number of hydrogen-bond donors (Lipinski definition) is 2. The van der Waals surface area contributed by atoms with Crippen molar-refractivity contribution in [2.24, 2.45) is 11.7 Å². The Bertz CT molecular complexity index is 1390. The molecule has 4 aromatic rings. The summed E-state index contributed by atoms with van der Waals surface area (Å²) < 4.78 is 6.94. The van der Waals surface area contributed by atoms with E-state index in [0.29, 0.717) is 30.2 Å². The van der Waals surface area contributed by atoms with Gasteiger partial charge in [0.15, 0.2) is 0 Å². The Labute approximate surface area is 217 Å². The van der Waals surface area contributed by atoms with E-state index in [4.69, 9.17) is 10.5 Å². The van der Waals surface area contributed by atoms with Crippen molar-refractivity contribution in [2.75, 3.05) is 6.61 Å². The number of rotatable bonds is 8. The number of pyridine rings is 1. The Morgan fingerprint density at radius 3 is 2.62 bits per heavy atom. The number of carbonyl (C=O) groups excluding carboxylic acids is 1. The molecule has 196 valence electrons. The van der Waals surface area contributed by atoms with Crippen molar-refractivity contribution < 1.29 is 9.53 Å². The molecule has 1 fully saturated rings. The van der Waals surface area contributed by atoms with Gasteiger partial charge in [0.25, 0.3) is 11.5 Å². The zero-order valence-corrected chi connectivity index (χ0v) is 21.9. The molecule has 0 aliphatic heterocycles. The highest BCUT2D eigenvalue weighted by atomic mass is 16.5. The van der Waals surface area contributed by atoms with Crippen LogP contribution in [0.2, 0.25) is 0 Å². The van der Waals surface area contributed by atoms with E-state index in [2.05, 4.69) is 28.8 Å².